The molecule has 1 aromatic rings. The van der Waals surface area contributed by atoms with Gasteiger partial charge in [0, 0.05) is 38.5 Å². The monoisotopic (exact) mass is 197 g/mol. The highest BCUT2D eigenvalue weighted by Gasteiger charge is 2.14. The van der Waals surface area contributed by atoms with E-state index in [1.54, 1.807) is 7.11 Å². The van der Waals surface area contributed by atoms with Gasteiger partial charge in [0.15, 0.2) is 0 Å². The third-order valence-electron chi connectivity index (χ3n) is 2.54. The fourth-order valence-electron chi connectivity index (χ4n) is 1.37. The number of aromatic nitrogens is 2. The van der Waals surface area contributed by atoms with Gasteiger partial charge in [0.25, 0.3) is 0 Å². The lowest BCUT2D eigenvalue weighted by molar-refractivity contribution is 0.0947. The van der Waals surface area contributed by atoms with E-state index < -0.39 is 0 Å². The van der Waals surface area contributed by atoms with Crippen LogP contribution in [-0.4, -0.2) is 28.8 Å². The lowest BCUT2D eigenvalue weighted by Gasteiger charge is -2.18. The van der Waals surface area contributed by atoms with Crippen molar-refractivity contribution in [1.29, 1.82) is 0 Å². The maximum absolute atomic E-state index is 5.96. The molecule has 0 aliphatic carbocycles. The van der Waals surface area contributed by atoms with Gasteiger partial charge in [0.1, 0.15) is 5.82 Å². The van der Waals surface area contributed by atoms with Gasteiger partial charge in [-0.15, -0.1) is 0 Å². The lowest BCUT2D eigenvalue weighted by Crippen LogP contribution is -2.36. The third-order valence-corrected chi connectivity index (χ3v) is 2.54. The average molecular weight is 197 g/mol. The van der Waals surface area contributed by atoms with Gasteiger partial charge in [-0.3, -0.25) is 0 Å². The minimum absolute atomic E-state index is 0.00713. The second kappa shape index (κ2) is 5.12. The molecule has 0 amide bonds. The Balaban J connectivity index is 2.59. The van der Waals surface area contributed by atoms with Crippen molar-refractivity contribution in [1.82, 2.24) is 9.55 Å². The van der Waals surface area contributed by atoms with Crippen molar-refractivity contribution in [3.05, 3.63) is 18.2 Å². The number of aryl methyl sites for hydroxylation is 1. The maximum Gasteiger partial charge on any atom is 0.110 e. The zero-order valence-corrected chi connectivity index (χ0v) is 9.10. The molecule has 0 saturated heterocycles. The molecule has 0 spiro atoms. The van der Waals surface area contributed by atoms with Crippen molar-refractivity contribution in [2.24, 2.45) is 5.73 Å². The van der Waals surface area contributed by atoms with E-state index in [4.69, 9.17) is 10.5 Å². The summed E-state index contributed by atoms with van der Waals surface area (Å²) in [7, 11) is 1.68. The molecule has 0 saturated carbocycles. The summed E-state index contributed by atoms with van der Waals surface area (Å²) in [5.74, 6) is 1.03. The molecule has 4 nitrogen and oxygen atoms in total. The average Bonchev–Trinajstić information content (AvgIpc) is 2.63. The Labute approximate surface area is 85.1 Å². The van der Waals surface area contributed by atoms with Gasteiger partial charge in [-0.05, 0) is 13.8 Å². The Morgan fingerprint density at radius 1 is 1.64 bits per heavy atom. The summed E-state index contributed by atoms with van der Waals surface area (Å²) < 4.78 is 7.27. The Kier molecular flexibility index (Phi) is 4.10. The smallest absolute Gasteiger partial charge is 0.110 e. The minimum atomic E-state index is 0.00713. The summed E-state index contributed by atoms with van der Waals surface area (Å²) in [6.07, 6.45) is 4.61. The normalized spacial score (nSPS) is 15.4. The van der Waals surface area contributed by atoms with E-state index >= 15 is 0 Å². The molecule has 1 aromatic heterocycles. The van der Waals surface area contributed by atoms with Crippen LogP contribution >= 0.6 is 0 Å². The number of imidazole rings is 1. The molecule has 1 heterocycles. The van der Waals surface area contributed by atoms with E-state index in [0.717, 1.165) is 18.8 Å². The standard InChI is InChI=1S/C10H19N3O/c1-4-13-6-5-12-10(13)7-9(11)8(2)14-3/h5-6,8-9H,4,7,11H2,1-3H3. The highest BCUT2D eigenvalue weighted by molar-refractivity contribution is 4.96. The SMILES string of the molecule is CCn1ccnc1CC(N)C(C)OC. The molecule has 0 aliphatic heterocycles. The van der Waals surface area contributed by atoms with E-state index in [-0.39, 0.29) is 12.1 Å². The predicted octanol–water partition coefficient (Wildman–Crippen LogP) is 0.808. The summed E-state index contributed by atoms with van der Waals surface area (Å²) >= 11 is 0. The van der Waals surface area contributed by atoms with E-state index in [9.17, 15) is 0 Å². The van der Waals surface area contributed by atoms with Gasteiger partial charge in [0.05, 0.1) is 6.10 Å². The van der Waals surface area contributed by atoms with Crippen molar-refractivity contribution < 1.29 is 4.74 Å². The van der Waals surface area contributed by atoms with Crippen LogP contribution in [0.2, 0.25) is 0 Å². The second-order valence-corrected chi connectivity index (χ2v) is 3.44. The fraction of sp³-hybridized carbons (Fsp3) is 0.700. The lowest BCUT2D eigenvalue weighted by atomic mass is 10.1. The molecule has 1 rings (SSSR count). The maximum atomic E-state index is 5.96. The molecule has 2 N–H and O–H groups in total. The van der Waals surface area contributed by atoms with Crippen molar-refractivity contribution in [3.63, 3.8) is 0 Å². The molecule has 0 bridgehead atoms. The third kappa shape index (κ3) is 2.56. The van der Waals surface area contributed by atoms with Gasteiger partial charge in [-0.25, -0.2) is 4.98 Å². The van der Waals surface area contributed by atoms with Gasteiger partial charge in [-0.2, -0.15) is 0 Å². The fourth-order valence-corrected chi connectivity index (χ4v) is 1.37. The molecule has 14 heavy (non-hydrogen) atoms. The molecule has 2 atom stereocenters. The summed E-state index contributed by atoms with van der Waals surface area (Å²) in [5, 5.41) is 0. The van der Waals surface area contributed by atoms with Crippen molar-refractivity contribution in [3.8, 4) is 0 Å². The van der Waals surface area contributed by atoms with Gasteiger partial charge in [0.2, 0.25) is 0 Å². The van der Waals surface area contributed by atoms with Crippen LogP contribution in [0.4, 0.5) is 0 Å². The van der Waals surface area contributed by atoms with Crippen molar-refractivity contribution in [2.75, 3.05) is 7.11 Å². The van der Waals surface area contributed by atoms with Crippen LogP contribution < -0.4 is 5.73 Å². The van der Waals surface area contributed by atoms with Crippen molar-refractivity contribution >= 4 is 0 Å². The van der Waals surface area contributed by atoms with Gasteiger partial charge in [-0.1, -0.05) is 0 Å². The van der Waals surface area contributed by atoms with Crippen LogP contribution in [0.25, 0.3) is 0 Å². The minimum Gasteiger partial charge on any atom is -0.380 e. The molecular formula is C10H19N3O. The molecule has 0 aromatic carbocycles. The van der Waals surface area contributed by atoms with E-state index in [1.807, 2.05) is 19.3 Å². The van der Waals surface area contributed by atoms with E-state index in [0.29, 0.717) is 0 Å². The molecular weight excluding hydrogens is 178 g/mol. The second-order valence-electron chi connectivity index (χ2n) is 3.44. The van der Waals surface area contributed by atoms with Crippen LogP contribution in [-0.2, 0) is 17.7 Å². The van der Waals surface area contributed by atoms with Gasteiger partial charge >= 0.3 is 0 Å². The first-order chi connectivity index (χ1) is 6.69. The number of methoxy groups -OCH3 is 1. The zero-order chi connectivity index (χ0) is 10.6. The predicted molar refractivity (Wildman–Crippen MR) is 56.1 cm³/mol. The van der Waals surface area contributed by atoms with E-state index in [2.05, 4.69) is 16.5 Å². The molecule has 0 aliphatic rings. The summed E-state index contributed by atoms with van der Waals surface area (Å²) in [6.45, 7) is 5.00. The Morgan fingerprint density at radius 3 is 2.93 bits per heavy atom. The molecule has 2 unspecified atom stereocenters. The van der Waals surface area contributed by atoms with E-state index in [1.165, 1.54) is 0 Å². The Bertz CT molecular complexity index is 272. The Morgan fingerprint density at radius 2 is 2.36 bits per heavy atom. The first-order valence-corrected chi connectivity index (χ1v) is 4.97. The topological polar surface area (TPSA) is 53.1 Å². The van der Waals surface area contributed by atoms with Crippen LogP contribution in [0, 0.1) is 0 Å². The number of nitrogens with two attached hydrogens (primary N) is 1. The number of hydrogen-bond donors (Lipinski definition) is 1. The highest BCUT2D eigenvalue weighted by atomic mass is 16.5. The van der Waals surface area contributed by atoms with Crippen LogP contribution in [0.3, 0.4) is 0 Å². The summed E-state index contributed by atoms with van der Waals surface area (Å²) in [5.41, 5.74) is 5.96. The van der Waals surface area contributed by atoms with Crippen molar-refractivity contribution in [2.45, 2.75) is 39.0 Å². The molecule has 4 heteroatoms. The largest absolute Gasteiger partial charge is 0.380 e. The van der Waals surface area contributed by atoms with Crippen LogP contribution in [0.1, 0.15) is 19.7 Å². The Hall–Kier alpha value is -0.870. The first-order valence-electron chi connectivity index (χ1n) is 4.97. The molecule has 0 fully saturated rings. The number of ether oxygens (including phenoxy) is 1. The van der Waals surface area contributed by atoms with Crippen LogP contribution in [0.5, 0.6) is 0 Å². The van der Waals surface area contributed by atoms with Crippen LogP contribution in [0.15, 0.2) is 12.4 Å². The quantitative estimate of drug-likeness (QED) is 0.760. The zero-order valence-electron chi connectivity index (χ0n) is 9.10. The van der Waals surface area contributed by atoms with Gasteiger partial charge < -0.3 is 15.0 Å². The number of hydrogen-bond acceptors (Lipinski definition) is 3. The number of nitrogens with zero attached hydrogens (tertiary/aromatic N) is 2. The molecule has 0 radical (unpaired) electrons. The summed E-state index contributed by atoms with van der Waals surface area (Å²) in [6, 6.07) is 0.00713. The number of rotatable bonds is 5. The first kappa shape index (κ1) is 11.2. The molecule has 80 valence electrons. The summed E-state index contributed by atoms with van der Waals surface area (Å²) in [4.78, 5) is 4.27. The highest BCUT2D eigenvalue weighted by Crippen LogP contribution is 2.04.